The quantitative estimate of drug-likeness (QED) is 0.366. The van der Waals surface area contributed by atoms with Crippen LogP contribution in [0.15, 0.2) is 0 Å². The van der Waals surface area contributed by atoms with Crippen molar-refractivity contribution in [1.29, 1.82) is 0 Å². The summed E-state index contributed by atoms with van der Waals surface area (Å²) < 4.78 is 0. The van der Waals surface area contributed by atoms with Crippen molar-refractivity contribution in [3.8, 4) is 0 Å². The van der Waals surface area contributed by atoms with Gasteiger partial charge in [-0.3, -0.25) is 0 Å². The van der Waals surface area contributed by atoms with Crippen LogP contribution in [0.3, 0.4) is 0 Å². The van der Waals surface area contributed by atoms with Crippen LogP contribution >= 0.6 is 49.2 Å². The molecule has 0 aliphatic heterocycles. The monoisotopic (exact) mass is 568 g/mol. The van der Waals surface area contributed by atoms with Gasteiger partial charge in [-0.2, -0.15) is 0 Å². The van der Waals surface area contributed by atoms with Gasteiger partial charge in [0.15, 0.2) is 0 Å². The van der Waals surface area contributed by atoms with Crippen molar-refractivity contribution in [3.63, 3.8) is 0 Å². The number of halogens is 4. The molecule has 0 amide bonds. The van der Waals surface area contributed by atoms with E-state index >= 15 is 0 Å². The number of hydrogen-bond acceptors (Lipinski definition) is 0. The van der Waals surface area contributed by atoms with Gasteiger partial charge in [0.2, 0.25) is 0 Å². The summed E-state index contributed by atoms with van der Waals surface area (Å²) in [5.41, 5.74) is 0. The third-order valence-corrected chi connectivity index (χ3v) is 0. The van der Waals surface area contributed by atoms with E-state index in [4.69, 9.17) is 0 Å². The molecule has 0 aromatic carbocycles. The normalized spacial score (nSPS) is 6.67. The molecule has 9 heteroatoms. The zero-order valence-electron chi connectivity index (χ0n) is 4.01. The Hall–Kier alpha value is 2.63. The fourth-order valence-corrected chi connectivity index (χ4v) is 0. The van der Waals surface area contributed by atoms with Gasteiger partial charge in [0.05, 0.1) is 0 Å². The van der Waals surface area contributed by atoms with Crippen LogP contribution in [0.4, 0.5) is 0 Å². The first-order valence-electron chi connectivity index (χ1n) is 0.756. The average molecular weight is 570 g/mol. The molecule has 0 bridgehead atoms. The maximum atomic E-state index is 3.35. The molecule has 0 saturated carbocycles. The van der Waals surface area contributed by atoms with Crippen LogP contribution in [-0.2, 0) is 10.7 Å². The summed E-state index contributed by atoms with van der Waals surface area (Å²) in [6.07, 6.45) is 0. The van der Waals surface area contributed by atoms with Crippen molar-refractivity contribution in [2.24, 2.45) is 0 Å². The van der Waals surface area contributed by atoms with Crippen molar-refractivity contribution in [2.75, 3.05) is 0 Å². The van der Waals surface area contributed by atoms with Crippen LogP contribution in [0, 0.1) is 0 Å². The average Bonchev–Trinajstić information content (AvgIpc) is 0.722. The summed E-state index contributed by atoms with van der Waals surface area (Å²) in [5.74, 6) is 0. The predicted molar refractivity (Wildman–Crippen MR) is 50.2 cm³/mol. The minimum absolute atomic E-state index is 0. The van der Waals surface area contributed by atoms with E-state index in [2.05, 4.69) is 49.2 Å². The van der Waals surface area contributed by atoms with E-state index in [-0.39, 0.29) is 21.9 Å². The summed E-state index contributed by atoms with van der Waals surface area (Å²) >= 11 is 13.4. The first-order valence-corrected chi connectivity index (χ1v) is 32.2. The maximum absolute atomic E-state index is 3.35. The molecule has 0 fully saturated rings. The zero-order chi connectivity index (χ0) is 4.50. The van der Waals surface area contributed by atoms with Gasteiger partial charge in [0, 0.05) is 0 Å². The Morgan fingerprint density at radius 2 is 0.556 bits per heavy atom. The first-order chi connectivity index (χ1) is 2.00. The molecule has 0 aromatic heterocycles. The molecule has 64 valence electrons. The molecule has 0 heterocycles. The van der Waals surface area contributed by atoms with E-state index in [1.54, 1.807) is 0 Å². The molecule has 0 unspecified atom stereocenters. The van der Waals surface area contributed by atoms with Crippen LogP contribution in [0.25, 0.3) is 0 Å². The summed E-state index contributed by atoms with van der Waals surface area (Å²) in [5, 5.41) is 0. The fourth-order valence-electron chi connectivity index (χ4n) is 0. The number of hydrogen-bond donors (Lipinski definition) is 0. The van der Waals surface area contributed by atoms with Gasteiger partial charge in [-0.05, 0) is 0 Å². The minimum atomic E-state index is -2.03. The second-order valence-corrected chi connectivity index (χ2v) is 94.7. The summed E-state index contributed by atoms with van der Waals surface area (Å²) in [6.45, 7) is 0. The Labute approximate surface area is 80.3 Å². The molecule has 0 aliphatic carbocycles. The van der Waals surface area contributed by atoms with E-state index in [0.717, 1.165) is 0 Å². The van der Waals surface area contributed by atoms with Gasteiger partial charge >= 0.3 is 59.8 Å². The molecule has 0 radical (unpaired) electrons. The topological polar surface area (TPSA) is 126 Å². The van der Waals surface area contributed by atoms with Gasteiger partial charge < -0.3 is 21.9 Å². The van der Waals surface area contributed by atoms with Gasteiger partial charge in [0.25, 0.3) is 0 Å². The third-order valence-electron chi connectivity index (χ3n) is 0. The molecule has 0 aliphatic rings. The fraction of sp³-hybridized carbons (Fsp3) is 0. The molecule has 0 spiro atoms. The Morgan fingerprint density at radius 3 is 0.556 bits per heavy atom. The Kier molecular flexibility index (Phi) is 44.0. The van der Waals surface area contributed by atoms with Gasteiger partial charge in [0.1, 0.15) is 0 Å². The summed E-state index contributed by atoms with van der Waals surface area (Å²) in [4.78, 5) is 0. The Balaban J connectivity index is -0.0000000133. The molecular weight excluding hydrogens is 562 g/mol. The van der Waals surface area contributed by atoms with Gasteiger partial charge in [-0.25, -0.2) is 0 Å². The molecule has 4 nitrogen and oxygen atoms in total. The van der Waals surface area contributed by atoms with Gasteiger partial charge in [-0.1, -0.05) is 0 Å². The summed E-state index contributed by atoms with van der Waals surface area (Å²) in [6, 6.07) is 0. The van der Waals surface area contributed by atoms with Crippen LogP contribution in [0.2, 0.25) is 0 Å². The predicted octanol–water partition coefficient (Wildman–Crippen LogP) is 0.0811. The summed E-state index contributed by atoms with van der Waals surface area (Å²) in [7, 11) is -2.03. The van der Waals surface area contributed by atoms with Gasteiger partial charge in [-0.15, -0.1) is 0 Å². The van der Waals surface area contributed by atoms with Crippen molar-refractivity contribution in [3.05, 3.63) is 0 Å². The standard InChI is InChI=1S/4BrH.Hf.4H2O/h4*1H;;4*1H2/q;;;;+4;;;;/p-4. The SMILES string of the molecule is O.O.O.O.[Br][Hf]([Br])([Br])[Br]. The Bertz CT molecular complexity index is 28.0. The Morgan fingerprint density at radius 1 is 0.556 bits per heavy atom. The molecule has 0 saturated heterocycles. The molecule has 0 rings (SSSR count). The first kappa shape index (κ1) is 29.9. The van der Waals surface area contributed by atoms with E-state index in [0.29, 0.717) is 0 Å². The van der Waals surface area contributed by atoms with Crippen LogP contribution in [0.1, 0.15) is 0 Å². The molecule has 8 N–H and O–H groups in total. The molecule has 0 aromatic rings. The molecular formula is H8Br4HfO4. The van der Waals surface area contributed by atoms with Crippen molar-refractivity contribution in [2.45, 2.75) is 0 Å². The van der Waals surface area contributed by atoms with E-state index in [1.165, 1.54) is 0 Å². The second kappa shape index (κ2) is 13.2. The number of rotatable bonds is 0. The van der Waals surface area contributed by atoms with E-state index in [9.17, 15) is 0 Å². The van der Waals surface area contributed by atoms with E-state index in [1.807, 2.05) is 0 Å². The van der Waals surface area contributed by atoms with Crippen LogP contribution in [-0.4, -0.2) is 21.9 Å². The van der Waals surface area contributed by atoms with Crippen LogP contribution < -0.4 is 0 Å². The van der Waals surface area contributed by atoms with Crippen molar-refractivity contribution < 1.29 is 32.6 Å². The molecule has 9 heavy (non-hydrogen) atoms. The van der Waals surface area contributed by atoms with E-state index < -0.39 is 10.7 Å². The zero-order valence-corrected chi connectivity index (χ0v) is 13.9. The third kappa shape index (κ3) is 114. The second-order valence-electron chi connectivity index (χ2n) is 0.429. The van der Waals surface area contributed by atoms with Crippen molar-refractivity contribution >= 4 is 49.2 Å². The van der Waals surface area contributed by atoms with Crippen LogP contribution in [0.5, 0.6) is 0 Å². The van der Waals surface area contributed by atoms with Crippen molar-refractivity contribution in [1.82, 2.24) is 0 Å². The molecule has 0 atom stereocenters.